The third kappa shape index (κ3) is 3.60. The molecular formula is C14H19BrN2. The lowest BCUT2D eigenvalue weighted by molar-refractivity contribution is 0.168. The van der Waals surface area contributed by atoms with Crippen LogP contribution in [0.25, 0.3) is 0 Å². The Morgan fingerprint density at radius 3 is 2.76 bits per heavy atom. The van der Waals surface area contributed by atoms with Crippen molar-refractivity contribution in [3.63, 3.8) is 0 Å². The molecular weight excluding hydrogens is 276 g/mol. The fraction of sp³-hybridized carbons (Fsp3) is 0.500. The zero-order chi connectivity index (χ0) is 12.1. The Balaban J connectivity index is 2.03. The normalized spacial score (nSPS) is 28.0. The van der Waals surface area contributed by atoms with Crippen LogP contribution in [0.1, 0.15) is 13.3 Å². The fourth-order valence-corrected chi connectivity index (χ4v) is 2.54. The van der Waals surface area contributed by atoms with Gasteiger partial charge in [-0.15, -0.1) is 5.73 Å². The van der Waals surface area contributed by atoms with Gasteiger partial charge in [-0.05, 0) is 31.2 Å². The summed E-state index contributed by atoms with van der Waals surface area (Å²) < 4.78 is 1.10. The molecule has 1 aliphatic heterocycles. The first-order valence-electron chi connectivity index (χ1n) is 6.25. The van der Waals surface area contributed by atoms with Crippen molar-refractivity contribution in [3.05, 3.63) is 40.2 Å². The van der Waals surface area contributed by atoms with Crippen LogP contribution >= 0.6 is 15.9 Å². The second kappa shape index (κ2) is 6.25. The van der Waals surface area contributed by atoms with Crippen molar-refractivity contribution < 1.29 is 0 Å². The second-order valence-corrected chi connectivity index (χ2v) is 5.25. The van der Waals surface area contributed by atoms with Gasteiger partial charge in [0.1, 0.15) is 0 Å². The van der Waals surface area contributed by atoms with Crippen LogP contribution in [0, 0.1) is 0 Å². The summed E-state index contributed by atoms with van der Waals surface area (Å²) >= 11 is 3.55. The third-order valence-electron chi connectivity index (χ3n) is 3.25. The van der Waals surface area contributed by atoms with Gasteiger partial charge in [0.2, 0.25) is 0 Å². The van der Waals surface area contributed by atoms with Gasteiger partial charge in [-0.3, -0.25) is 0 Å². The summed E-state index contributed by atoms with van der Waals surface area (Å²) in [5.74, 6) is 0. The van der Waals surface area contributed by atoms with Gasteiger partial charge in [-0.1, -0.05) is 28.9 Å². The maximum Gasteiger partial charge on any atom is 0.0341 e. The van der Waals surface area contributed by atoms with Gasteiger partial charge in [0, 0.05) is 36.4 Å². The summed E-state index contributed by atoms with van der Waals surface area (Å²) in [6.07, 6.45) is 9.49. The first-order chi connectivity index (χ1) is 8.29. The minimum atomic E-state index is 0.969. The second-order valence-electron chi connectivity index (χ2n) is 4.33. The van der Waals surface area contributed by atoms with Crippen molar-refractivity contribution in [2.75, 3.05) is 32.7 Å². The SMILES string of the molecule is CCN1CCN(C2=C/CC=C=C/C(Br)=C\2)CC1. The van der Waals surface area contributed by atoms with E-state index < -0.39 is 0 Å². The molecule has 0 aromatic carbocycles. The van der Waals surface area contributed by atoms with Gasteiger partial charge < -0.3 is 9.80 Å². The lowest BCUT2D eigenvalue weighted by Gasteiger charge is -2.36. The summed E-state index contributed by atoms with van der Waals surface area (Å²) in [6, 6.07) is 0. The van der Waals surface area contributed by atoms with E-state index in [9.17, 15) is 0 Å². The van der Waals surface area contributed by atoms with Crippen molar-refractivity contribution in [3.8, 4) is 0 Å². The number of piperazine rings is 1. The number of halogens is 1. The fourth-order valence-electron chi connectivity index (χ4n) is 2.17. The van der Waals surface area contributed by atoms with E-state index in [0.717, 1.165) is 30.5 Å². The van der Waals surface area contributed by atoms with Crippen LogP contribution in [0.2, 0.25) is 0 Å². The minimum absolute atomic E-state index is 0.969. The van der Waals surface area contributed by atoms with E-state index in [-0.39, 0.29) is 0 Å². The highest BCUT2D eigenvalue weighted by Crippen LogP contribution is 2.18. The Kier molecular flexibility index (Phi) is 4.66. The van der Waals surface area contributed by atoms with E-state index >= 15 is 0 Å². The number of rotatable bonds is 2. The smallest absolute Gasteiger partial charge is 0.0341 e. The molecule has 2 nitrogen and oxygen atoms in total. The summed E-state index contributed by atoms with van der Waals surface area (Å²) in [5, 5.41) is 0. The zero-order valence-corrected chi connectivity index (χ0v) is 11.9. The molecule has 1 fully saturated rings. The summed E-state index contributed by atoms with van der Waals surface area (Å²) in [4.78, 5) is 4.97. The molecule has 0 spiro atoms. The van der Waals surface area contributed by atoms with E-state index in [1.54, 1.807) is 0 Å². The Morgan fingerprint density at radius 1 is 1.29 bits per heavy atom. The first kappa shape index (κ1) is 12.7. The topological polar surface area (TPSA) is 6.48 Å². The molecule has 0 atom stereocenters. The van der Waals surface area contributed by atoms with Gasteiger partial charge in [-0.2, -0.15) is 0 Å². The Hall–Kier alpha value is -0.760. The Labute approximate surface area is 112 Å². The zero-order valence-electron chi connectivity index (χ0n) is 10.3. The predicted octanol–water partition coefficient (Wildman–Crippen LogP) is 2.90. The van der Waals surface area contributed by atoms with Crippen LogP contribution in [-0.4, -0.2) is 42.5 Å². The number of likely N-dealkylation sites (N-methyl/N-ethyl adjacent to an activating group) is 1. The van der Waals surface area contributed by atoms with Crippen LogP contribution in [-0.2, 0) is 0 Å². The Morgan fingerprint density at radius 2 is 2.06 bits per heavy atom. The molecule has 0 N–H and O–H groups in total. The maximum absolute atomic E-state index is 3.55. The molecule has 2 rings (SSSR count). The standard InChI is InChI=1S/C14H19BrN2/c1-2-16-8-10-17(11-9-16)14-7-5-3-4-6-13(15)12-14/h3,6-7,12H,2,5,8-11H2,1H3/b13-12+,14-7+. The molecule has 17 heavy (non-hydrogen) atoms. The van der Waals surface area contributed by atoms with E-state index in [1.165, 1.54) is 18.8 Å². The number of nitrogens with zero attached hydrogens (tertiary/aromatic N) is 2. The van der Waals surface area contributed by atoms with Crippen LogP contribution in [0.5, 0.6) is 0 Å². The maximum atomic E-state index is 3.55. The molecule has 2 aliphatic rings. The van der Waals surface area contributed by atoms with Gasteiger partial charge in [0.15, 0.2) is 0 Å². The molecule has 0 bridgehead atoms. The van der Waals surface area contributed by atoms with E-state index in [1.807, 2.05) is 6.08 Å². The summed E-state index contributed by atoms with van der Waals surface area (Å²) in [6.45, 7) is 8.00. The van der Waals surface area contributed by atoms with Crippen molar-refractivity contribution in [1.29, 1.82) is 0 Å². The lowest BCUT2D eigenvalue weighted by atomic mass is 10.2. The van der Waals surface area contributed by atoms with E-state index in [2.05, 4.69) is 56.6 Å². The van der Waals surface area contributed by atoms with Gasteiger partial charge in [-0.25, -0.2) is 0 Å². The van der Waals surface area contributed by atoms with Gasteiger partial charge >= 0.3 is 0 Å². The highest BCUT2D eigenvalue weighted by molar-refractivity contribution is 9.11. The number of hydrogen-bond donors (Lipinski definition) is 0. The molecule has 1 saturated heterocycles. The van der Waals surface area contributed by atoms with Crippen LogP contribution < -0.4 is 0 Å². The third-order valence-corrected chi connectivity index (χ3v) is 3.71. The summed E-state index contributed by atoms with van der Waals surface area (Å²) in [7, 11) is 0. The molecule has 0 unspecified atom stereocenters. The van der Waals surface area contributed by atoms with Gasteiger partial charge in [0.25, 0.3) is 0 Å². The van der Waals surface area contributed by atoms with Gasteiger partial charge in [0.05, 0.1) is 0 Å². The molecule has 3 heteroatoms. The molecule has 0 aromatic heterocycles. The van der Waals surface area contributed by atoms with Crippen molar-refractivity contribution in [2.24, 2.45) is 0 Å². The highest BCUT2D eigenvalue weighted by atomic mass is 79.9. The van der Waals surface area contributed by atoms with Crippen LogP contribution in [0.4, 0.5) is 0 Å². The molecule has 0 amide bonds. The highest BCUT2D eigenvalue weighted by Gasteiger charge is 2.16. The van der Waals surface area contributed by atoms with Crippen LogP contribution in [0.3, 0.4) is 0 Å². The van der Waals surface area contributed by atoms with Crippen molar-refractivity contribution in [1.82, 2.24) is 9.80 Å². The molecule has 0 radical (unpaired) electrons. The van der Waals surface area contributed by atoms with Crippen molar-refractivity contribution >= 4 is 15.9 Å². The molecule has 0 aromatic rings. The average molecular weight is 295 g/mol. The molecule has 92 valence electrons. The monoisotopic (exact) mass is 294 g/mol. The predicted molar refractivity (Wildman–Crippen MR) is 76.1 cm³/mol. The van der Waals surface area contributed by atoms with Crippen molar-refractivity contribution in [2.45, 2.75) is 13.3 Å². The molecule has 1 aliphatic carbocycles. The average Bonchev–Trinajstić information content (AvgIpc) is 2.34. The largest absolute Gasteiger partial charge is 0.369 e. The van der Waals surface area contributed by atoms with Crippen LogP contribution in [0.15, 0.2) is 40.2 Å². The quantitative estimate of drug-likeness (QED) is 0.723. The number of hydrogen-bond acceptors (Lipinski definition) is 2. The first-order valence-corrected chi connectivity index (χ1v) is 7.04. The van der Waals surface area contributed by atoms with E-state index in [0.29, 0.717) is 0 Å². The summed E-state index contributed by atoms with van der Waals surface area (Å²) in [5.41, 5.74) is 4.48. The lowest BCUT2D eigenvalue weighted by Crippen LogP contribution is -2.45. The Bertz CT molecular complexity index is 381. The number of allylic oxidation sites excluding steroid dienone is 4. The van der Waals surface area contributed by atoms with E-state index in [4.69, 9.17) is 0 Å². The molecule has 0 saturated carbocycles. The minimum Gasteiger partial charge on any atom is -0.369 e. The molecule has 1 heterocycles.